The molecule has 0 amide bonds. The highest BCUT2D eigenvalue weighted by Gasteiger charge is 2.42. The Kier molecular flexibility index (Phi) is 6.15. The van der Waals surface area contributed by atoms with E-state index in [1.165, 1.54) is 0 Å². The van der Waals surface area contributed by atoms with Gasteiger partial charge in [-0.15, -0.1) is 11.8 Å². The van der Waals surface area contributed by atoms with E-state index in [9.17, 15) is 4.79 Å². The summed E-state index contributed by atoms with van der Waals surface area (Å²) in [5.74, 6) is 0.124. The van der Waals surface area contributed by atoms with Crippen LogP contribution in [0.2, 0.25) is 0 Å². The molecular formula is C24H25NOS. The van der Waals surface area contributed by atoms with Gasteiger partial charge in [0.25, 0.3) is 0 Å². The summed E-state index contributed by atoms with van der Waals surface area (Å²) in [5, 5.41) is 0. The molecule has 0 heterocycles. The first-order valence-corrected chi connectivity index (χ1v) is 10.3. The van der Waals surface area contributed by atoms with Crippen molar-refractivity contribution < 1.29 is 4.79 Å². The molecule has 0 saturated heterocycles. The van der Waals surface area contributed by atoms with Crippen LogP contribution in [-0.4, -0.2) is 31.0 Å². The third-order valence-electron chi connectivity index (χ3n) is 5.03. The zero-order chi connectivity index (χ0) is 19.3. The van der Waals surface area contributed by atoms with Gasteiger partial charge in [0.2, 0.25) is 0 Å². The fraction of sp³-hybridized carbons (Fsp3) is 0.208. The highest BCUT2D eigenvalue weighted by molar-refractivity contribution is 7.98. The minimum atomic E-state index is -0.764. The first kappa shape index (κ1) is 19.4. The Hall–Kier alpha value is -2.36. The minimum absolute atomic E-state index is 0.124. The molecule has 0 aliphatic rings. The number of benzene rings is 3. The van der Waals surface area contributed by atoms with Gasteiger partial charge in [0.05, 0.1) is 0 Å². The van der Waals surface area contributed by atoms with E-state index in [0.717, 1.165) is 21.6 Å². The Bertz CT molecular complexity index is 893. The maximum Gasteiger partial charge on any atom is 0.187 e. The van der Waals surface area contributed by atoms with Gasteiger partial charge >= 0.3 is 0 Å². The lowest BCUT2D eigenvalue weighted by atomic mass is 9.77. The fourth-order valence-corrected chi connectivity index (χ4v) is 4.00. The predicted octanol–water partition coefficient (Wildman–Crippen LogP) is 5.29. The van der Waals surface area contributed by atoms with E-state index in [4.69, 9.17) is 0 Å². The molecule has 1 atom stereocenters. The SMILES string of the molecule is CSc1cccc(C(=O)C(Cc2ccccc2)(c2ccccc2)N(C)C)c1. The molecule has 0 saturated carbocycles. The smallest absolute Gasteiger partial charge is 0.187 e. The average Bonchev–Trinajstić information content (AvgIpc) is 2.72. The number of Topliss-reactive ketones (excluding diaryl/α,β-unsaturated/α-hetero) is 1. The lowest BCUT2D eigenvalue weighted by Crippen LogP contribution is -2.50. The van der Waals surface area contributed by atoms with Crippen molar-refractivity contribution in [3.63, 3.8) is 0 Å². The van der Waals surface area contributed by atoms with Crippen molar-refractivity contribution in [2.24, 2.45) is 0 Å². The van der Waals surface area contributed by atoms with Gasteiger partial charge in [-0.1, -0.05) is 72.8 Å². The Morgan fingerprint density at radius 2 is 1.52 bits per heavy atom. The first-order chi connectivity index (χ1) is 13.1. The molecule has 3 aromatic carbocycles. The molecule has 2 nitrogen and oxygen atoms in total. The van der Waals surface area contributed by atoms with E-state index in [-0.39, 0.29) is 5.78 Å². The van der Waals surface area contributed by atoms with Gasteiger partial charge in [-0.2, -0.15) is 0 Å². The van der Waals surface area contributed by atoms with Crippen LogP contribution in [0.15, 0.2) is 89.8 Å². The normalized spacial score (nSPS) is 13.3. The summed E-state index contributed by atoms with van der Waals surface area (Å²) >= 11 is 1.65. The maximum absolute atomic E-state index is 13.9. The molecule has 0 radical (unpaired) electrons. The minimum Gasteiger partial charge on any atom is -0.293 e. The molecule has 3 heteroatoms. The zero-order valence-electron chi connectivity index (χ0n) is 16.1. The molecule has 3 rings (SSSR count). The van der Waals surface area contributed by atoms with Crippen LogP contribution in [0.5, 0.6) is 0 Å². The monoisotopic (exact) mass is 375 g/mol. The molecule has 138 valence electrons. The number of hydrogen-bond acceptors (Lipinski definition) is 3. The van der Waals surface area contributed by atoms with Crippen molar-refractivity contribution in [3.05, 3.63) is 102 Å². The van der Waals surface area contributed by atoms with Crippen molar-refractivity contribution >= 4 is 17.5 Å². The molecule has 27 heavy (non-hydrogen) atoms. The largest absolute Gasteiger partial charge is 0.293 e. The number of likely N-dealkylation sites (N-methyl/N-ethyl adjacent to an activating group) is 1. The summed E-state index contributed by atoms with van der Waals surface area (Å²) in [7, 11) is 3.98. The fourth-order valence-electron chi connectivity index (χ4n) is 3.54. The van der Waals surface area contributed by atoms with Gasteiger partial charge in [-0.25, -0.2) is 0 Å². The topological polar surface area (TPSA) is 20.3 Å². The van der Waals surface area contributed by atoms with Gasteiger partial charge in [-0.3, -0.25) is 9.69 Å². The first-order valence-electron chi connectivity index (χ1n) is 9.03. The van der Waals surface area contributed by atoms with Crippen LogP contribution in [0, 0.1) is 0 Å². The van der Waals surface area contributed by atoms with Gasteiger partial charge < -0.3 is 0 Å². The number of ketones is 1. The van der Waals surface area contributed by atoms with E-state index < -0.39 is 5.54 Å². The van der Waals surface area contributed by atoms with Gasteiger partial charge in [0.15, 0.2) is 5.78 Å². The van der Waals surface area contributed by atoms with Crippen LogP contribution in [0.3, 0.4) is 0 Å². The Morgan fingerprint density at radius 3 is 2.11 bits per heavy atom. The van der Waals surface area contributed by atoms with Crippen LogP contribution in [-0.2, 0) is 12.0 Å². The van der Waals surface area contributed by atoms with Gasteiger partial charge in [0.1, 0.15) is 5.54 Å². The highest BCUT2D eigenvalue weighted by Crippen LogP contribution is 2.35. The quantitative estimate of drug-likeness (QED) is 0.413. The van der Waals surface area contributed by atoms with Crippen LogP contribution in [0.4, 0.5) is 0 Å². The Balaban J connectivity index is 2.17. The zero-order valence-corrected chi connectivity index (χ0v) is 16.9. The second-order valence-corrected chi connectivity index (χ2v) is 7.72. The molecule has 0 aliphatic carbocycles. The summed E-state index contributed by atoms with van der Waals surface area (Å²) < 4.78 is 0. The lowest BCUT2D eigenvalue weighted by molar-refractivity contribution is 0.0670. The number of nitrogens with zero attached hydrogens (tertiary/aromatic N) is 1. The van der Waals surface area contributed by atoms with E-state index in [1.54, 1.807) is 11.8 Å². The molecular weight excluding hydrogens is 350 g/mol. The molecule has 3 aromatic rings. The number of rotatable bonds is 7. The van der Waals surface area contributed by atoms with E-state index in [0.29, 0.717) is 6.42 Å². The average molecular weight is 376 g/mol. The molecule has 1 unspecified atom stereocenters. The lowest BCUT2D eigenvalue weighted by Gasteiger charge is -2.39. The number of hydrogen-bond donors (Lipinski definition) is 0. The Morgan fingerprint density at radius 1 is 0.889 bits per heavy atom. The van der Waals surface area contributed by atoms with Crippen molar-refractivity contribution in [1.29, 1.82) is 0 Å². The molecule has 0 N–H and O–H groups in total. The number of carbonyl (C=O) groups excluding carboxylic acids is 1. The molecule has 0 aliphatic heterocycles. The van der Waals surface area contributed by atoms with Crippen LogP contribution >= 0.6 is 11.8 Å². The number of thioether (sulfide) groups is 1. The van der Waals surface area contributed by atoms with Crippen molar-refractivity contribution in [2.75, 3.05) is 20.4 Å². The number of carbonyl (C=O) groups is 1. The summed E-state index contributed by atoms with van der Waals surface area (Å²) in [6.45, 7) is 0. The van der Waals surface area contributed by atoms with E-state index in [1.807, 2.05) is 81.0 Å². The van der Waals surface area contributed by atoms with E-state index in [2.05, 4.69) is 29.2 Å². The highest BCUT2D eigenvalue weighted by atomic mass is 32.2. The van der Waals surface area contributed by atoms with Crippen molar-refractivity contribution in [1.82, 2.24) is 4.90 Å². The summed E-state index contributed by atoms with van der Waals surface area (Å²) in [5.41, 5.74) is 2.14. The van der Waals surface area contributed by atoms with Crippen LogP contribution < -0.4 is 0 Å². The molecule has 0 spiro atoms. The summed E-state index contributed by atoms with van der Waals surface area (Å²) in [6, 6.07) is 28.3. The maximum atomic E-state index is 13.9. The second-order valence-electron chi connectivity index (χ2n) is 6.84. The van der Waals surface area contributed by atoms with Crippen molar-refractivity contribution in [2.45, 2.75) is 16.9 Å². The molecule has 0 bridgehead atoms. The standard InChI is InChI=1S/C24H25NOS/c1-25(2)24(21-14-8-5-9-15-21,18-19-11-6-4-7-12-19)23(26)20-13-10-16-22(17-20)27-3/h4-17H,18H2,1-3H3. The summed E-state index contributed by atoms with van der Waals surface area (Å²) in [4.78, 5) is 17.1. The van der Waals surface area contributed by atoms with Crippen LogP contribution in [0.25, 0.3) is 0 Å². The van der Waals surface area contributed by atoms with E-state index >= 15 is 0 Å². The molecule has 0 fully saturated rings. The third kappa shape index (κ3) is 4.00. The van der Waals surface area contributed by atoms with Crippen LogP contribution in [0.1, 0.15) is 21.5 Å². The van der Waals surface area contributed by atoms with Gasteiger partial charge in [-0.05, 0) is 43.6 Å². The predicted molar refractivity (Wildman–Crippen MR) is 115 cm³/mol. The van der Waals surface area contributed by atoms with Gasteiger partial charge in [0, 0.05) is 16.9 Å². The molecule has 0 aromatic heterocycles. The summed E-state index contributed by atoms with van der Waals surface area (Å²) in [6.07, 6.45) is 2.65. The second kappa shape index (κ2) is 8.55. The third-order valence-corrected chi connectivity index (χ3v) is 5.75. The Labute approximate surface area is 166 Å². The van der Waals surface area contributed by atoms with Crippen molar-refractivity contribution in [3.8, 4) is 0 Å².